The van der Waals surface area contributed by atoms with Crippen LogP contribution in [-0.2, 0) is 6.54 Å². The van der Waals surface area contributed by atoms with Crippen molar-refractivity contribution in [3.63, 3.8) is 0 Å². The van der Waals surface area contributed by atoms with Gasteiger partial charge in [-0.2, -0.15) is 5.10 Å². The van der Waals surface area contributed by atoms with Crippen LogP contribution in [-0.4, -0.2) is 14.8 Å². The Kier molecular flexibility index (Phi) is 4.27. The average Bonchev–Trinajstić information content (AvgIpc) is 2.81. The van der Waals surface area contributed by atoms with Gasteiger partial charge in [0.05, 0.1) is 16.6 Å². The van der Waals surface area contributed by atoms with E-state index in [-0.39, 0.29) is 16.1 Å². The molecule has 0 amide bonds. The normalized spacial score (nSPS) is 11.1. The van der Waals surface area contributed by atoms with Gasteiger partial charge in [0.25, 0.3) is 0 Å². The van der Waals surface area contributed by atoms with Crippen LogP contribution >= 0.6 is 23.2 Å². The van der Waals surface area contributed by atoms with Crippen LogP contribution in [0.5, 0.6) is 0 Å². The molecule has 19 heavy (non-hydrogen) atoms. The Labute approximate surface area is 120 Å². The van der Waals surface area contributed by atoms with Crippen molar-refractivity contribution < 1.29 is 4.39 Å². The number of nitrogens with one attached hydrogen (secondary N) is 1. The molecule has 0 unspecified atom stereocenters. The summed E-state index contributed by atoms with van der Waals surface area (Å²) in [5.74, 6) is 0.172. The van der Waals surface area contributed by atoms with Crippen LogP contribution in [0.4, 0.5) is 10.1 Å². The summed E-state index contributed by atoms with van der Waals surface area (Å²) < 4.78 is 15.1. The van der Waals surface area contributed by atoms with E-state index in [1.165, 1.54) is 18.5 Å². The summed E-state index contributed by atoms with van der Waals surface area (Å²) in [6.45, 7) is 4.49. The molecule has 2 rings (SSSR count). The van der Waals surface area contributed by atoms with Crippen LogP contribution in [0.1, 0.15) is 25.7 Å². The molecule has 0 aliphatic rings. The van der Waals surface area contributed by atoms with Crippen LogP contribution < -0.4 is 5.32 Å². The second-order valence-corrected chi connectivity index (χ2v) is 5.14. The van der Waals surface area contributed by atoms with Gasteiger partial charge in [-0.3, -0.25) is 0 Å². The summed E-state index contributed by atoms with van der Waals surface area (Å²) in [6.07, 6.45) is 1.50. The summed E-state index contributed by atoms with van der Waals surface area (Å²) in [5, 5.41) is 7.20. The molecule has 1 N–H and O–H groups in total. The van der Waals surface area contributed by atoms with E-state index in [0.717, 1.165) is 5.82 Å². The van der Waals surface area contributed by atoms with Gasteiger partial charge in [0.1, 0.15) is 12.2 Å². The minimum absolute atomic E-state index is 0.0136. The summed E-state index contributed by atoms with van der Waals surface area (Å²) in [4.78, 5) is 4.16. The van der Waals surface area contributed by atoms with E-state index in [1.54, 1.807) is 4.68 Å². The predicted molar refractivity (Wildman–Crippen MR) is 74.2 cm³/mol. The highest BCUT2D eigenvalue weighted by Crippen LogP contribution is 2.27. The molecular weight excluding hydrogens is 290 g/mol. The number of halogens is 3. The molecule has 0 aliphatic heterocycles. The maximum absolute atomic E-state index is 13.3. The van der Waals surface area contributed by atoms with Crippen LogP contribution in [0.3, 0.4) is 0 Å². The lowest BCUT2D eigenvalue weighted by atomic mass is 10.3. The van der Waals surface area contributed by atoms with Gasteiger partial charge in [-0.05, 0) is 26.0 Å². The van der Waals surface area contributed by atoms with Gasteiger partial charge in [0.2, 0.25) is 0 Å². The highest BCUT2D eigenvalue weighted by Gasteiger charge is 2.10. The maximum Gasteiger partial charge on any atom is 0.160 e. The Balaban J connectivity index is 2.13. The second kappa shape index (κ2) is 5.75. The van der Waals surface area contributed by atoms with Crippen LogP contribution in [0.15, 0.2) is 18.5 Å². The summed E-state index contributed by atoms with van der Waals surface area (Å²) in [7, 11) is 0. The molecule has 1 aromatic carbocycles. The quantitative estimate of drug-likeness (QED) is 0.871. The van der Waals surface area contributed by atoms with Crippen molar-refractivity contribution in [3.05, 3.63) is 40.1 Å². The van der Waals surface area contributed by atoms with Crippen molar-refractivity contribution in [1.29, 1.82) is 0 Å². The first kappa shape index (κ1) is 14.1. The zero-order valence-corrected chi connectivity index (χ0v) is 12.0. The minimum Gasteiger partial charge on any atom is -0.378 e. The van der Waals surface area contributed by atoms with Gasteiger partial charge < -0.3 is 5.32 Å². The van der Waals surface area contributed by atoms with Crippen LogP contribution in [0.25, 0.3) is 0 Å². The van der Waals surface area contributed by atoms with Gasteiger partial charge in [-0.25, -0.2) is 14.1 Å². The SMILES string of the molecule is CC(C)n1ncnc1CNc1cc(Cl)c(F)c(Cl)c1. The fourth-order valence-electron chi connectivity index (χ4n) is 1.67. The summed E-state index contributed by atoms with van der Waals surface area (Å²) >= 11 is 11.5. The summed E-state index contributed by atoms with van der Waals surface area (Å²) in [6, 6.07) is 3.19. The summed E-state index contributed by atoms with van der Waals surface area (Å²) in [5.41, 5.74) is 0.634. The Morgan fingerprint density at radius 3 is 2.53 bits per heavy atom. The third kappa shape index (κ3) is 3.16. The molecule has 0 radical (unpaired) electrons. The van der Waals surface area contributed by atoms with Crippen molar-refractivity contribution >= 4 is 28.9 Å². The standard InChI is InChI=1S/C12H13Cl2FN4/c1-7(2)19-11(17-6-18-19)5-16-8-3-9(13)12(15)10(14)4-8/h3-4,6-7,16H,5H2,1-2H3. The number of hydrogen-bond acceptors (Lipinski definition) is 3. The van der Waals surface area contributed by atoms with Gasteiger partial charge >= 0.3 is 0 Å². The van der Waals surface area contributed by atoms with Crippen LogP contribution in [0, 0.1) is 5.82 Å². The second-order valence-electron chi connectivity index (χ2n) is 4.32. The zero-order valence-electron chi connectivity index (χ0n) is 10.5. The molecule has 7 heteroatoms. The van der Waals surface area contributed by atoms with Crippen molar-refractivity contribution in [2.24, 2.45) is 0 Å². The van der Waals surface area contributed by atoms with E-state index in [0.29, 0.717) is 12.2 Å². The fraction of sp³-hybridized carbons (Fsp3) is 0.333. The Morgan fingerprint density at radius 1 is 1.32 bits per heavy atom. The van der Waals surface area contributed by atoms with E-state index in [2.05, 4.69) is 15.4 Å². The van der Waals surface area contributed by atoms with E-state index < -0.39 is 5.82 Å². The molecule has 2 aromatic rings. The van der Waals surface area contributed by atoms with Crippen molar-refractivity contribution in [2.45, 2.75) is 26.4 Å². The van der Waals surface area contributed by atoms with Gasteiger partial charge in [-0.15, -0.1) is 0 Å². The highest BCUT2D eigenvalue weighted by molar-refractivity contribution is 6.35. The van der Waals surface area contributed by atoms with Gasteiger partial charge in [-0.1, -0.05) is 23.2 Å². The topological polar surface area (TPSA) is 42.7 Å². The lowest BCUT2D eigenvalue weighted by Gasteiger charge is -2.11. The molecule has 0 bridgehead atoms. The molecule has 4 nitrogen and oxygen atoms in total. The first-order chi connectivity index (χ1) is 8.99. The van der Waals surface area contributed by atoms with Gasteiger partial charge in [0.15, 0.2) is 5.82 Å². The molecule has 102 valence electrons. The Bertz CT molecular complexity index is 560. The Morgan fingerprint density at radius 2 is 1.95 bits per heavy atom. The lowest BCUT2D eigenvalue weighted by molar-refractivity contribution is 0.509. The lowest BCUT2D eigenvalue weighted by Crippen LogP contribution is -2.12. The monoisotopic (exact) mass is 302 g/mol. The number of hydrogen-bond donors (Lipinski definition) is 1. The third-order valence-electron chi connectivity index (χ3n) is 2.57. The minimum atomic E-state index is -0.612. The van der Waals surface area contributed by atoms with Crippen molar-refractivity contribution in [1.82, 2.24) is 14.8 Å². The molecule has 0 saturated carbocycles. The molecule has 0 spiro atoms. The molecule has 1 aromatic heterocycles. The number of benzene rings is 1. The van der Waals surface area contributed by atoms with Gasteiger partial charge in [0, 0.05) is 11.7 Å². The molecule has 1 heterocycles. The average molecular weight is 303 g/mol. The van der Waals surface area contributed by atoms with E-state index in [9.17, 15) is 4.39 Å². The number of nitrogens with zero attached hydrogens (tertiary/aromatic N) is 3. The van der Waals surface area contributed by atoms with E-state index in [4.69, 9.17) is 23.2 Å². The molecule has 0 fully saturated rings. The molecule has 0 aliphatic carbocycles. The maximum atomic E-state index is 13.3. The van der Waals surface area contributed by atoms with Crippen molar-refractivity contribution in [3.8, 4) is 0 Å². The number of anilines is 1. The molecular formula is C12H13Cl2FN4. The van der Waals surface area contributed by atoms with E-state index >= 15 is 0 Å². The fourth-order valence-corrected chi connectivity index (χ4v) is 2.16. The number of aromatic nitrogens is 3. The third-order valence-corrected chi connectivity index (χ3v) is 3.12. The largest absolute Gasteiger partial charge is 0.378 e. The van der Waals surface area contributed by atoms with Crippen molar-refractivity contribution in [2.75, 3.05) is 5.32 Å². The smallest absolute Gasteiger partial charge is 0.160 e. The molecule has 0 atom stereocenters. The zero-order chi connectivity index (χ0) is 14.0. The highest BCUT2D eigenvalue weighted by atomic mass is 35.5. The molecule has 0 saturated heterocycles. The first-order valence-electron chi connectivity index (χ1n) is 5.76. The Hall–Kier alpha value is -1.33. The first-order valence-corrected chi connectivity index (χ1v) is 6.51. The van der Waals surface area contributed by atoms with E-state index in [1.807, 2.05) is 13.8 Å². The predicted octanol–water partition coefficient (Wildman–Crippen LogP) is 3.92. The number of rotatable bonds is 4. The van der Waals surface area contributed by atoms with Crippen LogP contribution in [0.2, 0.25) is 10.0 Å².